The number of nitrogens with one attached hydrogen (secondary N) is 3. The normalized spacial score (nSPS) is 11.6. The van der Waals surface area contributed by atoms with Gasteiger partial charge in [-0.05, 0) is 36.4 Å². The highest BCUT2D eigenvalue weighted by molar-refractivity contribution is 7.16. The van der Waals surface area contributed by atoms with Crippen molar-refractivity contribution in [1.82, 2.24) is 10.9 Å². The molecule has 0 saturated carbocycles. The largest absolute Gasteiger partial charge is 0.484 e. The van der Waals surface area contributed by atoms with Crippen LogP contribution in [0, 0.1) is 0 Å². The molecule has 2 amide bonds. The fourth-order valence-corrected chi connectivity index (χ4v) is 3.31. The maximum atomic E-state index is 11.8. The van der Waals surface area contributed by atoms with Crippen LogP contribution in [0.1, 0.15) is 4.88 Å². The molecule has 134 valence electrons. The Morgan fingerprint density at radius 2 is 1.76 bits per heavy atom. The lowest BCUT2D eigenvalue weighted by Crippen LogP contribution is -3.09. The minimum atomic E-state index is -0.453. The van der Waals surface area contributed by atoms with E-state index in [2.05, 4.69) is 10.9 Å². The van der Waals surface area contributed by atoms with Crippen molar-refractivity contribution >= 4 is 46.4 Å². The molecule has 0 fully saturated rings. The summed E-state index contributed by atoms with van der Waals surface area (Å²) in [6, 6.07) is 10.4. The van der Waals surface area contributed by atoms with Gasteiger partial charge in [0, 0.05) is 5.02 Å². The van der Waals surface area contributed by atoms with E-state index in [1.54, 1.807) is 24.3 Å². The van der Waals surface area contributed by atoms with Gasteiger partial charge >= 0.3 is 0 Å². The molecule has 1 aromatic carbocycles. The second-order valence-corrected chi connectivity index (χ2v) is 7.59. The zero-order valence-electron chi connectivity index (χ0n) is 13.5. The number of quaternary nitrogens is 1. The van der Waals surface area contributed by atoms with Gasteiger partial charge in [0.1, 0.15) is 12.3 Å². The van der Waals surface area contributed by atoms with Crippen LogP contribution in [0.4, 0.5) is 0 Å². The highest BCUT2D eigenvalue weighted by atomic mass is 35.5. The molecule has 0 aliphatic rings. The molecule has 1 aromatic heterocycles. The quantitative estimate of drug-likeness (QED) is 0.611. The first-order valence-corrected chi connectivity index (χ1v) is 9.01. The Balaban J connectivity index is 1.64. The summed E-state index contributed by atoms with van der Waals surface area (Å²) in [5.74, 6) is -0.226. The number of halogens is 2. The summed E-state index contributed by atoms with van der Waals surface area (Å²) in [5, 5.41) is 0.584. The molecule has 0 radical (unpaired) electrons. The smallest absolute Gasteiger partial charge is 0.293 e. The predicted octanol–water partition coefficient (Wildman–Crippen LogP) is 1.30. The van der Waals surface area contributed by atoms with Gasteiger partial charge in [0.15, 0.2) is 13.2 Å². The van der Waals surface area contributed by atoms with Gasteiger partial charge in [0.25, 0.3) is 11.8 Å². The second kappa shape index (κ2) is 9.62. The first-order valence-electron chi connectivity index (χ1n) is 7.44. The summed E-state index contributed by atoms with van der Waals surface area (Å²) in [7, 11) is 1.89. The van der Waals surface area contributed by atoms with Gasteiger partial charge in [0.2, 0.25) is 0 Å². The van der Waals surface area contributed by atoms with Crippen LogP contribution in [0.2, 0.25) is 9.36 Å². The lowest BCUT2D eigenvalue weighted by Gasteiger charge is -2.13. The van der Waals surface area contributed by atoms with Crippen molar-refractivity contribution in [3.63, 3.8) is 0 Å². The van der Waals surface area contributed by atoms with E-state index in [-0.39, 0.29) is 19.1 Å². The summed E-state index contributed by atoms with van der Waals surface area (Å²) in [6.07, 6.45) is 0. The fraction of sp³-hybridized carbons (Fsp3) is 0.250. The third kappa shape index (κ3) is 7.31. The van der Waals surface area contributed by atoms with Crippen LogP contribution in [0.25, 0.3) is 0 Å². The Bertz CT molecular complexity index is 722. The number of hydrazine groups is 1. The molecule has 0 aliphatic carbocycles. The van der Waals surface area contributed by atoms with E-state index in [0.717, 1.165) is 14.1 Å². The highest BCUT2D eigenvalue weighted by Crippen LogP contribution is 2.20. The van der Waals surface area contributed by atoms with Crippen molar-refractivity contribution in [2.24, 2.45) is 0 Å². The van der Waals surface area contributed by atoms with Gasteiger partial charge in [-0.2, -0.15) is 0 Å². The number of benzene rings is 1. The number of hydrogen-bond acceptors (Lipinski definition) is 4. The van der Waals surface area contributed by atoms with E-state index in [1.807, 2.05) is 19.2 Å². The summed E-state index contributed by atoms with van der Waals surface area (Å²) in [5.41, 5.74) is 4.68. The van der Waals surface area contributed by atoms with Crippen molar-refractivity contribution in [1.29, 1.82) is 0 Å². The lowest BCUT2D eigenvalue weighted by molar-refractivity contribution is -0.885. The highest BCUT2D eigenvalue weighted by Gasteiger charge is 2.12. The summed E-state index contributed by atoms with van der Waals surface area (Å²) in [6.45, 7) is 0.685. The van der Waals surface area contributed by atoms with E-state index < -0.39 is 5.91 Å². The van der Waals surface area contributed by atoms with E-state index in [0.29, 0.717) is 17.3 Å². The van der Waals surface area contributed by atoms with Crippen LogP contribution in [0.15, 0.2) is 36.4 Å². The number of ether oxygens (including phenoxy) is 1. The first kappa shape index (κ1) is 19.5. The molecular formula is C16H18Cl2N3O3S+. The van der Waals surface area contributed by atoms with Crippen molar-refractivity contribution in [2.75, 3.05) is 20.2 Å². The maximum absolute atomic E-state index is 11.8. The Morgan fingerprint density at radius 1 is 1.08 bits per heavy atom. The molecular weight excluding hydrogens is 385 g/mol. The first-order chi connectivity index (χ1) is 11.9. The number of amides is 2. The molecule has 1 heterocycles. The van der Waals surface area contributed by atoms with Crippen LogP contribution in [-0.4, -0.2) is 32.0 Å². The number of likely N-dealkylation sites (N-methyl/N-ethyl adjacent to an activating group) is 1. The Hall–Kier alpha value is -1.80. The van der Waals surface area contributed by atoms with E-state index >= 15 is 0 Å². The van der Waals surface area contributed by atoms with Gasteiger partial charge in [-0.3, -0.25) is 20.4 Å². The number of thiophene rings is 1. The molecule has 2 aromatic rings. The minimum Gasteiger partial charge on any atom is -0.484 e. The molecule has 25 heavy (non-hydrogen) atoms. The summed E-state index contributed by atoms with van der Waals surface area (Å²) < 4.78 is 6.00. The molecule has 0 bridgehead atoms. The zero-order chi connectivity index (χ0) is 18.2. The van der Waals surface area contributed by atoms with Gasteiger partial charge in [-0.25, -0.2) is 0 Å². The average Bonchev–Trinajstić information content (AvgIpc) is 2.97. The Labute approximate surface area is 159 Å². The van der Waals surface area contributed by atoms with Crippen molar-refractivity contribution < 1.29 is 19.2 Å². The standard InChI is InChI=1S/C16H17Cl2N3O3S/c1-21(8-13-6-7-14(18)25-13)9-15(22)19-20-16(23)10-24-12-4-2-11(17)3-5-12/h2-7H,8-10H2,1H3,(H,19,22)(H,20,23)/p+1. The zero-order valence-corrected chi connectivity index (χ0v) is 15.8. The monoisotopic (exact) mass is 402 g/mol. The number of hydrogen-bond donors (Lipinski definition) is 3. The molecule has 9 heteroatoms. The van der Waals surface area contributed by atoms with E-state index in [4.69, 9.17) is 27.9 Å². The number of carbonyl (C=O) groups excluding carboxylic acids is 2. The third-order valence-electron chi connectivity index (χ3n) is 3.09. The molecule has 0 spiro atoms. The summed E-state index contributed by atoms with van der Waals surface area (Å²) >= 11 is 13.1. The van der Waals surface area contributed by atoms with Crippen molar-refractivity contribution in [3.05, 3.63) is 50.6 Å². The molecule has 2 rings (SSSR count). The predicted molar refractivity (Wildman–Crippen MR) is 98.0 cm³/mol. The van der Waals surface area contributed by atoms with Gasteiger partial charge in [0.05, 0.1) is 16.3 Å². The molecule has 1 atom stereocenters. The van der Waals surface area contributed by atoms with Crippen molar-refractivity contribution in [3.8, 4) is 5.75 Å². The van der Waals surface area contributed by atoms with E-state index in [1.165, 1.54) is 11.3 Å². The minimum absolute atomic E-state index is 0.210. The van der Waals surface area contributed by atoms with Crippen LogP contribution < -0.4 is 20.5 Å². The van der Waals surface area contributed by atoms with Crippen LogP contribution in [-0.2, 0) is 16.1 Å². The van der Waals surface area contributed by atoms with Gasteiger partial charge in [-0.1, -0.05) is 23.2 Å². The Morgan fingerprint density at radius 3 is 2.40 bits per heavy atom. The summed E-state index contributed by atoms with van der Waals surface area (Å²) in [4.78, 5) is 25.6. The lowest BCUT2D eigenvalue weighted by atomic mass is 10.3. The fourth-order valence-electron chi connectivity index (χ4n) is 1.98. The molecule has 3 N–H and O–H groups in total. The molecule has 0 aliphatic heterocycles. The average molecular weight is 403 g/mol. The van der Waals surface area contributed by atoms with Crippen LogP contribution in [0.3, 0.4) is 0 Å². The van der Waals surface area contributed by atoms with Crippen LogP contribution in [0.5, 0.6) is 5.75 Å². The van der Waals surface area contributed by atoms with E-state index in [9.17, 15) is 9.59 Å². The van der Waals surface area contributed by atoms with Crippen molar-refractivity contribution in [2.45, 2.75) is 6.54 Å². The SMILES string of the molecule is C[NH+](CC(=O)NNC(=O)COc1ccc(Cl)cc1)Cc1ccc(Cl)s1. The molecule has 1 unspecified atom stereocenters. The number of rotatable bonds is 7. The maximum Gasteiger partial charge on any atom is 0.293 e. The van der Waals surface area contributed by atoms with Gasteiger partial charge < -0.3 is 9.64 Å². The topological polar surface area (TPSA) is 71.9 Å². The van der Waals surface area contributed by atoms with Gasteiger partial charge in [-0.15, -0.1) is 11.3 Å². The molecule has 0 saturated heterocycles. The van der Waals surface area contributed by atoms with Crippen LogP contribution >= 0.6 is 34.5 Å². The second-order valence-electron chi connectivity index (χ2n) is 5.36. The number of carbonyl (C=O) groups is 2. The Kier molecular flexibility index (Phi) is 7.52. The molecule has 6 nitrogen and oxygen atoms in total. The third-order valence-corrected chi connectivity index (χ3v) is 4.58.